The number of nitrogens with one attached hydrogen (secondary N) is 1. The topological polar surface area (TPSA) is 58.1 Å². The van der Waals surface area contributed by atoms with Crippen LogP contribution in [0.15, 0.2) is 33.9 Å². The molecule has 0 unspecified atom stereocenters. The van der Waals surface area contributed by atoms with Gasteiger partial charge in [0.25, 0.3) is 5.56 Å². The third-order valence-electron chi connectivity index (χ3n) is 2.85. The number of H-pyrrole nitrogens is 1. The van der Waals surface area contributed by atoms with E-state index >= 15 is 0 Å². The highest BCUT2D eigenvalue weighted by molar-refractivity contribution is 6.32. The predicted octanol–water partition coefficient (Wildman–Crippen LogP) is 1.36. The lowest BCUT2D eigenvalue weighted by Crippen LogP contribution is -2.47. The smallest absolute Gasteiger partial charge is 0.312 e. The molecular weight excluding hydrogens is 266 g/mol. The summed E-state index contributed by atoms with van der Waals surface area (Å²) in [5.74, 6) is 0. The van der Waals surface area contributed by atoms with Gasteiger partial charge in [-0.3, -0.25) is 9.78 Å². The van der Waals surface area contributed by atoms with Crippen molar-refractivity contribution in [3.8, 4) is 11.1 Å². The van der Waals surface area contributed by atoms with Gasteiger partial charge in [-0.25, -0.2) is 4.79 Å². The minimum absolute atomic E-state index is 0.0578. The van der Waals surface area contributed by atoms with E-state index in [1.54, 1.807) is 20.2 Å². The fourth-order valence-electron chi connectivity index (χ4n) is 1.95. The molecule has 0 aliphatic rings. The van der Waals surface area contributed by atoms with E-state index in [0.29, 0.717) is 11.1 Å². The van der Waals surface area contributed by atoms with Crippen molar-refractivity contribution >= 4 is 11.6 Å². The van der Waals surface area contributed by atoms with Crippen molar-refractivity contribution in [1.82, 2.24) is 9.66 Å². The van der Waals surface area contributed by atoms with Crippen molar-refractivity contribution in [3.05, 3.63) is 55.8 Å². The molecule has 0 saturated heterocycles. The maximum Gasteiger partial charge on any atom is 0.348 e. The van der Waals surface area contributed by atoms with Gasteiger partial charge in [-0.05, 0) is 18.1 Å². The molecule has 0 spiro atoms. The Morgan fingerprint density at radius 3 is 2.42 bits per heavy atom. The van der Waals surface area contributed by atoms with Gasteiger partial charge in [-0.2, -0.15) is 4.68 Å². The molecule has 0 aliphatic carbocycles. The van der Waals surface area contributed by atoms with E-state index in [2.05, 4.69) is 4.98 Å². The Balaban J connectivity index is 2.86. The van der Waals surface area contributed by atoms with Gasteiger partial charge < -0.3 is 5.01 Å². The molecule has 0 fully saturated rings. The fraction of sp³-hybridized carbons (Fsp3) is 0.231. The average molecular weight is 280 g/mol. The van der Waals surface area contributed by atoms with E-state index in [4.69, 9.17) is 11.6 Å². The molecule has 0 aliphatic heterocycles. The first kappa shape index (κ1) is 13.4. The van der Waals surface area contributed by atoms with Crippen LogP contribution >= 0.6 is 11.6 Å². The number of halogens is 1. The van der Waals surface area contributed by atoms with Crippen molar-refractivity contribution < 1.29 is 0 Å². The third-order valence-corrected chi connectivity index (χ3v) is 3.13. The van der Waals surface area contributed by atoms with Crippen LogP contribution in [-0.4, -0.2) is 23.8 Å². The number of hydrogen-bond acceptors (Lipinski definition) is 3. The Morgan fingerprint density at radius 1 is 1.21 bits per heavy atom. The number of rotatable bonds is 2. The minimum Gasteiger partial charge on any atom is -0.312 e. The van der Waals surface area contributed by atoms with E-state index in [-0.39, 0.29) is 5.15 Å². The van der Waals surface area contributed by atoms with Crippen LogP contribution in [0.5, 0.6) is 0 Å². The lowest BCUT2D eigenvalue weighted by molar-refractivity contribution is 0.654. The maximum atomic E-state index is 12.4. The molecule has 6 heteroatoms. The van der Waals surface area contributed by atoms with Gasteiger partial charge in [0.05, 0.1) is 5.56 Å². The monoisotopic (exact) mass is 279 g/mol. The maximum absolute atomic E-state index is 12.4. The minimum atomic E-state index is -0.558. The predicted molar refractivity (Wildman–Crippen MR) is 76.6 cm³/mol. The molecule has 1 aromatic carbocycles. The Bertz CT molecular complexity index is 731. The van der Waals surface area contributed by atoms with Crippen molar-refractivity contribution in [2.24, 2.45) is 0 Å². The summed E-state index contributed by atoms with van der Waals surface area (Å²) in [5.41, 5.74) is 0.932. The molecule has 100 valence electrons. The highest BCUT2D eigenvalue weighted by Crippen LogP contribution is 2.24. The fourth-order valence-corrected chi connectivity index (χ4v) is 2.21. The van der Waals surface area contributed by atoms with Crippen molar-refractivity contribution in [2.75, 3.05) is 19.1 Å². The largest absolute Gasteiger partial charge is 0.348 e. The first-order chi connectivity index (χ1) is 8.93. The lowest BCUT2D eigenvalue weighted by Gasteiger charge is -2.16. The molecule has 2 aromatic rings. The highest BCUT2D eigenvalue weighted by atomic mass is 35.5. The molecule has 5 nitrogen and oxygen atoms in total. The second kappa shape index (κ2) is 4.93. The SMILES string of the molecule is Cc1ccccc1-c1c(Cl)[nH]c(=O)n(N(C)C)c1=O. The van der Waals surface area contributed by atoms with Crippen LogP contribution in [-0.2, 0) is 0 Å². The van der Waals surface area contributed by atoms with Gasteiger partial charge in [-0.15, -0.1) is 0 Å². The summed E-state index contributed by atoms with van der Waals surface area (Å²) >= 11 is 6.03. The Kier molecular flexibility index (Phi) is 3.48. The normalized spacial score (nSPS) is 10.5. The van der Waals surface area contributed by atoms with Crippen molar-refractivity contribution in [2.45, 2.75) is 6.92 Å². The zero-order valence-electron chi connectivity index (χ0n) is 10.9. The van der Waals surface area contributed by atoms with Gasteiger partial charge in [0.1, 0.15) is 5.15 Å². The number of hydrogen-bond donors (Lipinski definition) is 1. The number of nitrogens with zero attached hydrogens (tertiary/aromatic N) is 2. The Morgan fingerprint density at radius 2 is 1.84 bits per heavy atom. The third kappa shape index (κ3) is 2.29. The number of aryl methyl sites for hydroxylation is 1. The van der Waals surface area contributed by atoms with Crippen LogP contribution in [0.1, 0.15) is 5.56 Å². The number of benzene rings is 1. The summed E-state index contributed by atoms with van der Waals surface area (Å²) in [6, 6.07) is 7.39. The zero-order valence-corrected chi connectivity index (χ0v) is 11.7. The van der Waals surface area contributed by atoms with Crippen molar-refractivity contribution in [3.63, 3.8) is 0 Å². The van der Waals surface area contributed by atoms with Gasteiger partial charge in [0.15, 0.2) is 0 Å². The average Bonchev–Trinajstić information content (AvgIpc) is 2.30. The molecule has 1 N–H and O–H groups in total. The van der Waals surface area contributed by atoms with Gasteiger partial charge >= 0.3 is 5.69 Å². The molecule has 0 atom stereocenters. The Hall–Kier alpha value is -2.01. The van der Waals surface area contributed by atoms with Crippen LogP contribution in [0.25, 0.3) is 11.1 Å². The van der Waals surface area contributed by atoms with E-state index in [1.807, 2.05) is 25.1 Å². The molecule has 0 amide bonds. The van der Waals surface area contributed by atoms with Crippen molar-refractivity contribution in [1.29, 1.82) is 0 Å². The van der Waals surface area contributed by atoms with Crippen LogP contribution in [0.4, 0.5) is 0 Å². The number of aromatic nitrogens is 2. The lowest BCUT2D eigenvalue weighted by atomic mass is 10.0. The summed E-state index contributed by atoms with van der Waals surface area (Å²) < 4.78 is 1.01. The second-order valence-corrected chi connectivity index (χ2v) is 4.78. The quantitative estimate of drug-likeness (QED) is 0.845. The van der Waals surface area contributed by atoms with Crippen LogP contribution in [0.3, 0.4) is 0 Å². The molecule has 19 heavy (non-hydrogen) atoms. The van der Waals surface area contributed by atoms with Crippen LogP contribution in [0.2, 0.25) is 5.15 Å². The van der Waals surface area contributed by atoms with Gasteiger partial charge in [0, 0.05) is 14.1 Å². The van der Waals surface area contributed by atoms with Crippen LogP contribution in [0, 0.1) is 6.92 Å². The summed E-state index contributed by atoms with van der Waals surface area (Å²) in [6.45, 7) is 1.89. The van der Waals surface area contributed by atoms with Gasteiger partial charge in [0.2, 0.25) is 0 Å². The summed E-state index contributed by atoms with van der Waals surface area (Å²) in [5, 5.41) is 1.47. The molecule has 1 aromatic heterocycles. The first-order valence-corrected chi connectivity index (χ1v) is 6.09. The van der Waals surface area contributed by atoms with E-state index < -0.39 is 11.2 Å². The summed E-state index contributed by atoms with van der Waals surface area (Å²) in [7, 11) is 3.23. The summed E-state index contributed by atoms with van der Waals surface area (Å²) in [4.78, 5) is 26.7. The molecule has 1 heterocycles. The summed E-state index contributed by atoms with van der Waals surface area (Å²) in [6.07, 6.45) is 0. The second-order valence-electron chi connectivity index (χ2n) is 4.40. The molecule has 0 bridgehead atoms. The molecule has 0 saturated carbocycles. The number of aromatic amines is 1. The first-order valence-electron chi connectivity index (χ1n) is 5.72. The highest BCUT2D eigenvalue weighted by Gasteiger charge is 2.16. The van der Waals surface area contributed by atoms with E-state index in [0.717, 1.165) is 10.2 Å². The van der Waals surface area contributed by atoms with E-state index in [9.17, 15) is 9.59 Å². The molecular formula is C13H14ClN3O2. The van der Waals surface area contributed by atoms with E-state index in [1.165, 1.54) is 5.01 Å². The Labute approximate surface area is 115 Å². The molecule has 0 radical (unpaired) electrons. The van der Waals surface area contributed by atoms with Crippen LogP contribution < -0.4 is 16.3 Å². The zero-order chi connectivity index (χ0) is 14.2. The molecule has 2 rings (SSSR count). The standard InChI is InChI=1S/C13H14ClN3O2/c1-8-6-4-5-7-9(8)10-11(14)15-13(19)17(12(10)18)16(2)3/h4-7H,1-3H3,(H,15,19). The van der Waals surface area contributed by atoms with Gasteiger partial charge in [-0.1, -0.05) is 35.9 Å².